The average Bonchev–Trinajstić information content (AvgIpc) is 2.48. The highest BCUT2D eigenvalue weighted by atomic mass is 32.2. The van der Waals surface area contributed by atoms with Gasteiger partial charge in [0.1, 0.15) is 11.7 Å². The molecule has 1 saturated heterocycles. The zero-order valence-corrected chi connectivity index (χ0v) is 15.9. The number of alkyl halides is 3. The van der Waals surface area contributed by atoms with Crippen molar-refractivity contribution >= 4 is 10.0 Å². The maximum atomic E-state index is 13.0. The third-order valence-electron chi connectivity index (χ3n) is 4.37. The fourth-order valence-electron chi connectivity index (χ4n) is 3.23. The second-order valence-corrected chi connectivity index (χ2v) is 8.52. The maximum absolute atomic E-state index is 13.0. The molecule has 0 spiro atoms. The Morgan fingerprint density at radius 2 is 1.74 bits per heavy atom. The van der Waals surface area contributed by atoms with Crippen LogP contribution >= 0.6 is 0 Å². The van der Waals surface area contributed by atoms with Crippen LogP contribution in [0.5, 0.6) is 5.88 Å². The maximum Gasteiger partial charge on any atom is 0.421 e. The lowest BCUT2D eigenvalue weighted by Crippen LogP contribution is -2.56. The van der Waals surface area contributed by atoms with Gasteiger partial charge in [0.15, 0.2) is 0 Å². The Kier molecular flexibility index (Phi) is 4.94. The van der Waals surface area contributed by atoms with Crippen LogP contribution in [0, 0.1) is 20.8 Å². The van der Waals surface area contributed by atoms with Crippen LogP contribution in [-0.4, -0.2) is 36.9 Å². The van der Waals surface area contributed by atoms with Crippen molar-refractivity contribution in [3.8, 4) is 5.88 Å². The van der Waals surface area contributed by atoms with Gasteiger partial charge in [0.05, 0.1) is 18.0 Å². The molecule has 0 bridgehead atoms. The molecule has 0 N–H and O–H groups in total. The number of rotatable bonds is 4. The topological polar surface area (TPSA) is 59.5 Å². The van der Waals surface area contributed by atoms with Gasteiger partial charge in [-0.2, -0.15) is 17.5 Å². The van der Waals surface area contributed by atoms with Crippen molar-refractivity contribution in [3.05, 3.63) is 52.7 Å². The highest BCUT2D eigenvalue weighted by molar-refractivity contribution is 7.89. The summed E-state index contributed by atoms with van der Waals surface area (Å²) < 4.78 is 71.3. The van der Waals surface area contributed by atoms with Crippen molar-refractivity contribution in [3.63, 3.8) is 0 Å². The van der Waals surface area contributed by atoms with E-state index in [1.807, 2.05) is 6.92 Å². The summed E-state index contributed by atoms with van der Waals surface area (Å²) in [5.41, 5.74) is 1.27. The Hall–Kier alpha value is -2.13. The van der Waals surface area contributed by atoms with Gasteiger partial charge in [-0.25, -0.2) is 13.4 Å². The molecule has 0 saturated carbocycles. The largest absolute Gasteiger partial charge is 0.471 e. The van der Waals surface area contributed by atoms with Gasteiger partial charge < -0.3 is 4.74 Å². The summed E-state index contributed by atoms with van der Waals surface area (Å²) in [6.07, 6.45) is -4.06. The lowest BCUT2D eigenvalue weighted by molar-refractivity contribution is -0.140. The molecule has 0 unspecified atom stereocenters. The predicted molar refractivity (Wildman–Crippen MR) is 93.1 cm³/mol. The molecular formula is C18H19F3N2O3S. The minimum absolute atomic E-state index is 0.0248. The summed E-state index contributed by atoms with van der Waals surface area (Å²) >= 11 is 0. The zero-order valence-electron chi connectivity index (χ0n) is 15.0. The molecule has 1 aromatic carbocycles. The van der Waals surface area contributed by atoms with E-state index in [4.69, 9.17) is 4.74 Å². The number of pyridine rings is 1. The molecule has 0 atom stereocenters. The first-order chi connectivity index (χ1) is 12.5. The van der Waals surface area contributed by atoms with Gasteiger partial charge in [-0.15, -0.1) is 0 Å². The molecule has 5 nitrogen and oxygen atoms in total. The number of halogens is 3. The normalized spacial score (nSPS) is 16.2. The number of ether oxygens (including phenoxy) is 1. The summed E-state index contributed by atoms with van der Waals surface area (Å²) in [5.74, 6) is -0.533. The van der Waals surface area contributed by atoms with Crippen molar-refractivity contribution in [2.45, 2.75) is 37.9 Å². The molecule has 0 amide bonds. The monoisotopic (exact) mass is 400 g/mol. The fourth-order valence-corrected chi connectivity index (χ4v) is 5.15. The third-order valence-corrected chi connectivity index (χ3v) is 6.51. The number of aryl methyl sites for hydroxylation is 3. The van der Waals surface area contributed by atoms with Crippen molar-refractivity contribution in [2.24, 2.45) is 0 Å². The van der Waals surface area contributed by atoms with Crippen molar-refractivity contribution < 1.29 is 26.3 Å². The first-order valence-electron chi connectivity index (χ1n) is 8.27. The second-order valence-electron chi connectivity index (χ2n) is 6.64. The molecule has 1 fully saturated rings. The number of aromatic nitrogens is 1. The standard InChI is InChI=1S/C18H19F3N2O3S/c1-11-7-12(2)16(13(3)8-11)27(24,25)23-9-14(10-23)26-17-15(18(19,20)21)5-4-6-22-17/h4-8,14H,9-10H2,1-3H3. The molecule has 1 aliphatic rings. The Bertz CT molecular complexity index is 945. The molecule has 3 rings (SSSR count). The van der Waals surface area contributed by atoms with Crippen LogP contribution < -0.4 is 4.74 Å². The molecule has 146 valence electrons. The van der Waals surface area contributed by atoms with Gasteiger partial charge in [-0.3, -0.25) is 0 Å². The molecule has 2 aromatic rings. The van der Waals surface area contributed by atoms with E-state index >= 15 is 0 Å². The molecule has 1 aliphatic heterocycles. The quantitative estimate of drug-likeness (QED) is 0.789. The van der Waals surface area contributed by atoms with Crippen LogP contribution in [0.3, 0.4) is 0 Å². The Balaban J connectivity index is 1.76. The summed E-state index contributed by atoms with van der Waals surface area (Å²) in [4.78, 5) is 3.88. The van der Waals surface area contributed by atoms with E-state index in [1.54, 1.807) is 26.0 Å². The Labute approximate surface area is 155 Å². The van der Waals surface area contributed by atoms with Crippen LogP contribution in [-0.2, 0) is 16.2 Å². The first-order valence-corrected chi connectivity index (χ1v) is 9.71. The van der Waals surface area contributed by atoms with Gasteiger partial charge in [-0.05, 0) is 44.0 Å². The summed E-state index contributed by atoms with van der Waals surface area (Å²) in [6, 6.07) is 5.64. The van der Waals surface area contributed by atoms with Crippen molar-refractivity contribution in [2.75, 3.05) is 13.1 Å². The van der Waals surface area contributed by atoms with E-state index in [2.05, 4.69) is 4.98 Å². The predicted octanol–water partition coefficient (Wildman–Crippen LogP) is 3.48. The summed E-state index contributed by atoms with van der Waals surface area (Å²) in [7, 11) is -3.73. The van der Waals surface area contributed by atoms with E-state index in [0.29, 0.717) is 11.1 Å². The Morgan fingerprint density at radius 1 is 1.15 bits per heavy atom. The van der Waals surface area contributed by atoms with Crippen LogP contribution in [0.4, 0.5) is 13.2 Å². The van der Waals surface area contributed by atoms with Gasteiger partial charge in [0.25, 0.3) is 0 Å². The van der Waals surface area contributed by atoms with E-state index in [1.165, 1.54) is 16.6 Å². The Morgan fingerprint density at radius 3 is 2.30 bits per heavy atom. The minimum Gasteiger partial charge on any atom is -0.471 e. The smallest absolute Gasteiger partial charge is 0.421 e. The summed E-state index contributed by atoms with van der Waals surface area (Å²) in [5, 5.41) is 0. The van der Waals surface area contributed by atoms with Gasteiger partial charge in [0.2, 0.25) is 15.9 Å². The van der Waals surface area contributed by atoms with Crippen LogP contribution in [0.2, 0.25) is 0 Å². The lowest BCUT2D eigenvalue weighted by atomic mass is 10.1. The third kappa shape index (κ3) is 3.79. The average molecular weight is 400 g/mol. The highest BCUT2D eigenvalue weighted by Crippen LogP contribution is 2.36. The number of sulfonamides is 1. The molecule has 1 aromatic heterocycles. The second kappa shape index (κ2) is 6.79. The van der Waals surface area contributed by atoms with E-state index in [-0.39, 0.29) is 18.0 Å². The van der Waals surface area contributed by atoms with Crippen molar-refractivity contribution in [1.82, 2.24) is 9.29 Å². The van der Waals surface area contributed by atoms with Gasteiger partial charge in [0, 0.05) is 6.20 Å². The number of hydrogen-bond donors (Lipinski definition) is 0. The molecule has 9 heteroatoms. The first kappa shape index (κ1) is 19.6. The van der Waals surface area contributed by atoms with E-state index in [0.717, 1.165) is 11.6 Å². The molecule has 0 radical (unpaired) electrons. The zero-order chi connectivity index (χ0) is 20.0. The van der Waals surface area contributed by atoms with Crippen LogP contribution in [0.25, 0.3) is 0 Å². The SMILES string of the molecule is Cc1cc(C)c(S(=O)(=O)N2CC(Oc3ncccc3C(F)(F)F)C2)c(C)c1. The minimum atomic E-state index is -4.59. The van der Waals surface area contributed by atoms with E-state index in [9.17, 15) is 21.6 Å². The molecular weight excluding hydrogens is 381 g/mol. The summed E-state index contributed by atoms with van der Waals surface area (Å²) in [6.45, 7) is 5.29. The van der Waals surface area contributed by atoms with Crippen LogP contribution in [0.15, 0.2) is 35.4 Å². The van der Waals surface area contributed by atoms with Gasteiger partial charge >= 0.3 is 6.18 Å². The molecule has 2 heterocycles. The number of hydrogen-bond acceptors (Lipinski definition) is 4. The number of benzene rings is 1. The number of nitrogens with zero attached hydrogens (tertiary/aromatic N) is 2. The van der Waals surface area contributed by atoms with Crippen LogP contribution in [0.1, 0.15) is 22.3 Å². The molecule has 27 heavy (non-hydrogen) atoms. The highest BCUT2D eigenvalue weighted by Gasteiger charge is 2.41. The van der Waals surface area contributed by atoms with Gasteiger partial charge in [-0.1, -0.05) is 17.7 Å². The molecule has 0 aliphatic carbocycles. The lowest BCUT2D eigenvalue weighted by Gasteiger charge is -2.38. The fraction of sp³-hybridized carbons (Fsp3) is 0.389. The van der Waals surface area contributed by atoms with E-state index < -0.39 is 33.7 Å². The van der Waals surface area contributed by atoms with Crippen molar-refractivity contribution in [1.29, 1.82) is 0 Å².